The van der Waals surface area contributed by atoms with Gasteiger partial charge in [0.1, 0.15) is 6.20 Å². The first-order valence-corrected chi connectivity index (χ1v) is 3.33. The van der Waals surface area contributed by atoms with Crippen LogP contribution in [0.1, 0.15) is 5.56 Å². The molecule has 1 N–H and O–H groups in total. The van der Waals surface area contributed by atoms with Crippen molar-refractivity contribution < 1.29 is 9.53 Å². The van der Waals surface area contributed by atoms with Gasteiger partial charge in [0.15, 0.2) is 0 Å². The van der Waals surface area contributed by atoms with Crippen molar-refractivity contribution >= 4 is 6.09 Å². The van der Waals surface area contributed by atoms with Crippen molar-refractivity contribution in [2.24, 2.45) is 0 Å². The lowest BCUT2D eigenvalue weighted by Crippen LogP contribution is -2.22. The van der Waals surface area contributed by atoms with Gasteiger partial charge in [0.05, 0.1) is 7.11 Å². The molecule has 0 fully saturated rings. The number of methoxy groups -OCH3 is 1. The molecule has 0 aliphatic rings. The van der Waals surface area contributed by atoms with Crippen LogP contribution in [0.3, 0.4) is 0 Å². The Bertz CT molecular complexity index is 250. The van der Waals surface area contributed by atoms with Crippen LogP contribution in [0.25, 0.3) is 0 Å². The minimum absolute atomic E-state index is 0.349. The van der Waals surface area contributed by atoms with E-state index < -0.39 is 6.09 Å². The van der Waals surface area contributed by atoms with E-state index in [-0.39, 0.29) is 0 Å². The quantitative estimate of drug-likeness (QED) is 0.678. The largest absolute Gasteiger partial charge is 0.453 e. The minimum atomic E-state index is -0.472. The molecule has 1 aromatic rings. The fourth-order valence-corrected chi connectivity index (χ4v) is 0.625. The summed E-state index contributed by atoms with van der Waals surface area (Å²) in [6.45, 7) is 0.349. The van der Waals surface area contributed by atoms with Gasteiger partial charge in [-0.05, 0) is 6.07 Å². The molecule has 12 heavy (non-hydrogen) atoms. The van der Waals surface area contributed by atoms with Crippen molar-refractivity contribution in [2.75, 3.05) is 7.11 Å². The monoisotopic (exact) mass is 166 g/mol. The number of nitrogens with one attached hydrogen (secondary N) is 1. The van der Waals surface area contributed by atoms with Gasteiger partial charge in [-0.25, -0.2) is 4.79 Å². The molecule has 63 valence electrons. The van der Waals surface area contributed by atoms with E-state index in [9.17, 15) is 4.79 Å². The molecule has 1 rings (SSSR count). The SMILES string of the molecule is COC(=O)NCc1[c]nncc1. The molecule has 0 saturated heterocycles. The summed E-state index contributed by atoms with van der Waals surface area (Å²) in [5.74, 6) is 0. The molecule has 1 aromatic heterocycles. The molecule has 0 spiro atoms. The number of ether oxygens (including phenoxy) is 1. The van der Waals surface area contributed by atoms with Crippen molar-refractivity contribution in [1.82, 2.24) is 15.5 Å². The Balaban J connectivity index is 2.38. The molecule has 0 aliphatic carbocycles. The van der Waals surface area contributed by atoms with E-state index in [1.54, 1.807) is 6.07 Å². The maximum Gasteiger partial charge on any atom is 0.407 e. The molecule has 0 unspecified atom stereocenters. The molecule has 1 radical (unpaired) electrons. The van der Waals surface area contributed by atoms with E-state index in [0.717, 1.165) is 5.56 Å². The van der Waals surface area contributed by atoms with Crippen LogP contribution in [0.2, 0.25) is 0 Å². The summed E-state index contributed by atoms with van der Waals surface area (Å²) in [5, 5.41) is 9.55. The number of carbonyl (C=O) groups excluding carboxylic acids is 1. The molecule has 0 bridgehead atoms. The van der Waals surface area contributed by atoms with Gasteiger partial charge in [-0.3, -0.25) is 0 Å². The predicted molar refractivity (Wildman–Crippen MR) is 40.1 cm³/mol. The Labute approximate surface area is 69.8 Å². The van der Waals surface area contributed by atoms with Gasteiger partial charge in [-0.15, -0.1) is 5.10 Å². The molecule has 0 atom stereocenters. The summed E-state index contributed by atoms with van der Waals surface area (Å²) < 4.78 is 4.37. The van der Waals surface area contributed by atoms with E-state index in [2.05, 4.69) is 26.4 Å². The highest BCUT2D eigenvalue weighted by molar-refractivity contribution is 5.66. The van der Waals surface area contributed by atoms with Crippen LogP contribution >= 0.6 is 0 Å². The van der Waals surface area contributed by atoms with Gasteiger partial charge in [-0.1, -0.05) is 0 Å². The van der Waals surface area contributed by atoms with Crippen LogP contribution in [0.15, 0.2) is 12.3 Å². The fourth-order valence-electron chi connectivity index (χ4n) is 0.625. The van der Waals surface area contributed by atoms with E-state index >= 15 is 0 Å². The van der Waals surface area contributed by atoms with Gasteiger partial charge in [0, 0.05) is 18.3 Å². The van der Waals surface area contributed by atoms with Crippen LogP contribution in [0, 0.1) is 6.20 Å². The molecule has 1 heterocycles. The molecule has 0 saturated carbocycles. The third kappa shape index (κ3) is 2.53. The Morgan fingerprint density at radius 3 is 3.25 bits per heavy atom. The fraction of sp³-hybridized carbons (Fsp3) is 0.286. The second-order valence-corrected chi connectivity index (χ2v) is 2.01. The maximum atomic E-state index is 10.6. The van der Waals surface area contributed by atoms with Crippen LogP contribution in [0.5, 0.6) is 0 Å². The normalized spacial score (nSPS) is 9.08. The van der Waals surface area contributed by atoms with Crippen molar-refractivity contribution in [2.45, 2.75) is 6.54 Å². The highest BCUT2D eigenvalue weighted by atomic mass is 16.5. The number of hydrogen-bond acceptors (Lipinski definition) is 4. The highest BCUT2D eigenvalue weighted by Gasteiger charge is 1.97. The number of nitrogens with zero attached hydrogens (tertiary/aromatic N) is 2. The summed E-state index contributed by atoms with van der Waals surface area (Å²) in [7, 11) is 1.31. The lowest BCUT2D eigenvalue weighted by atomic mass is 10.3. The topological polar surface area (TPSA) is 64.1 Å². The van der Waals surface area contributed by atoms with Crippen molar-refractivity contribution in [3.63, 3.8) is 0 Å². The summed E-state index contributed by atoms with van der Waals surface area (Å²) in [5.41, 5.74) is 0.760. The molecule has 5 nitrogen and oxygen atoms in total. The summed E-state index contributed by atoms with van der Waals surface area (Å²) in [4.78, 5) is 10.6. The summed E-state index contributed by atoms with van der Waals surface area (Å²) in [6, 6.07) is 1.71. The number of rotatable bonds is 2. The van der Waals surface area contributed by atoms with Gasteiger partial charge in [0.2, 0.25) is 0 Å². The molecule has 5 heteroatoms. The van der Waals surface area contributed by atoms with Gasteiger partial charge in [0.25, 0.3) is 0 Å². The van der Waals surface area contributed by atoms with Crippen LogP contribution < -0.4 is 5.32 Å². The van der Waals surface area contributed by atoms with E-state index in [1.807, 2.05) is 0 Å². The zero-order chi connectivity index (χ0) is 8.81. The average Bonchev–Trinajstić information content (AvgIpc) is 2.16. The van der Waals surface area contributed by atoms with Crippen LogP contribution in [-0.2, 0) is 11.3 Å². The van der Waals surface area contributed by atoms with Crippen molar-refractivity contribution in [3.8, 4) is 0 Å². The zero-order valence-corrected chi connectivity index (χ0v) is 6.57. The standard InChI is InChI=1S/C7H8N3O2/c1-12-7(11)8-4-6-2-3-9-10-5-6/h2-3H,4H2,1H3,(H,8,11). The second kappa shape index (κ2) is 4.27. The highest BCUT2D eigenvalue weighted by Crippen LogP contribution is 1.91. The number of alkyl carbamates (subject to hydrolysis) is 1. The lowest BCUT2D eigenvalue weighted by Gasteiger charge is -2.01. The molecule has 0 aromatic carbocycles. The predicted octanol–water partition coefficient (Wildman–Crippen LogP) is 0.133. The molecular formula is C7H8N3O2. The van der Waals surface area contributed by atoms with Crippen LogP contribution in [0.4, 0.5) is 4.79 Å². The number of carbonyl (C=O) groups is 1. The van der Waals surface area contributed by atoms with Crippen LogP contribution in [-0.4, -0.2) is 23.4 Å². The van der Waals surface area contributed by atoms with E-state index in [1.165, 1.54) is 13.3 Å². The van der Waals surface area contributed by atoms with E-state index in [4.69, 9.17) is 0 Å². The lowest BCUT2D eigenvalue weighted by molar-refractivity contribution is 0.170. The molecule has 1 amide bonds. The van der Waals surface area contributed by atoms with Crippen molar-refractivity contribution in [1.29, 1.82) is 0 Å². The van der Waals surface area contributed by atoms with E-state index in [0.29, 0.717) is 6.54 Å². The zero-order valence-electron chi connectivity index (χ0n) is 6.57. The second-order valence-electron chi connectivity index (χ2n) is 2.01. The third-order valence-corrected chi connectivity index (χ3v) is 1.20. The summed E-state index contributed by atoms with van der Waals surface area (Å²) >= 11 is 0. The first kappa shape index (κ1) is 8.45. The summed E-state index contributed by atoms with van der Waals surface area (Å²) in [6.07, 6.45) is 3.68. The number of amides is 1. The molecular weight excluding hydrogens is 158 g/mol. The Kier molecular flexibility index (Phi) is 3.01. The van der Waals surface area contributed by atoms with Gasteiger partial charge in [-0.2, -0.15) is 5.10 Å². The Hall–Kier alpha value is -1.65. The molecule has 0 aliphatic heterocycles. The Morgan fingerprint density at radius 2 is 2.67 bits per heavy atom. The number of hydrogen-bond donors (Lipinski definition) is 1. The smallest absolute Gasteiger partial charge is 0.407 e. The average molecular weight is 166 g/mol. The van der Waals surface area contributed by atoms with Crippen molar-refractivity contribution in [3.05, 3.63) is 24.0 Å². The van der Waals surface area contributed by atoms with Gasteiger partial charge < -0.3 is 10.1 Å². The first-order chi connectivity index (χ1) is 5.83. The first-order valence-electron chi connectivity index (χ1n) is 3.33. The Morgan fingerprint density at radius 1 is 1.83 bits per heavy atom. The minimum Gasteiger partial charge on any atom is -0.453 e. The maximum absolute atomic E-state index is 10.6. The van der Waals surface area contributed by atoms with Gasteiger partial charge >= 0.3 is 6.09 Å². The third-order valence-electron chi connectivity index (χ3n) is 1.20. The number of aromatic nitrogens is 2.